The van der Waals surface area contributed by atoms with Gasteiger partial charge in [-0.15, -0.1) is 11.3 Å². The van der Waals surface area contributed by atoms with E-state index in [1.165, 1.54) is 25.4 Å². The molecule has 1 aromatic heterocycles. The van der Waals surface area contributed by atoms with Crippen molar-refractivity contribution in [3.8, 4) is 0 Å². The molecule has 19 heavy (non-hydrogen) atoms. The van der Waals surface area contributed by atoms with Crippen LogP contribution < -0.4 is 5.32 Å². The first kappa shape index (κ1) is 15.0. The molecule has 0 radical (unpaired) electrons. The fourth-order valence-electron chi connectivity index (χ4n) is 2.12. The Hall–Kier alpha value is -0.350. The molecule has 0 fully saturated rings. The van der Waals surface area contributed by atoms with Crippen LogP contribution in [-0.4, -0.2) is 6.54 Å². The largest absolute Gasteiger partial charge is 0.306 e. The zero-order chi connectivity index (χ0) is 14.0. The normalized spacial score (nSPS) is 12.7. The van der Waals surface area contributed by atoms with Crippen molar-refractivity contribution in [1.82, 2.24) is 5.32 Å². The highest BCUT2D eigenvalue weighted by atomic mass is 79.9. The highest BCUT2D eigenvalue weighted by Crippen LogP contribution is 2.36. The van der Waals surface area contributed by atoms with Gasteiger partial charge in [0.1, 0.15) is 0 Å². The average molecular weight is 359 g/mol. The lowest BCUT2D eigenvalue weighted by Gasteiger charge is -2.19. The second-order valence-corrected chi connectivity index (χ2v) is 7.44. The Morgan fingerprint density at radius 3 is 2.58 bits per heavy atom. The van der Waals surface area contributed by atoms with E-state index in [1.807, 2.05) is 6.07 Å². The van der Waals surface area contributed by atoms with Gasteiger partial charge in [0.2, 0.25) is 0 Å². The number of halogens is 2. The summed E-state index contributed by atoms with van der Waals surface area (Å²) in [6, 6.07) is 8.53. The number of hydrogen-bond acceptors (Lipinski definition) is 2. The first-order chi connectivity index (χ1) is 9.02. The molecule has 2 rings (SSSR count). The van der Waals surface area contributed by atoms with Crippen LogP contribution in [0.3, 0.4) is 0 Å². The van der Waals surface area contributed by atoms with Crippen LogP contribution >= 0.6 is 38.9 Å². The molecule has 1 nitrogen and oxygen atoms in total. The molecule has 2 aromatic rings. The standard InChI is InChI=1S/C15H17BrClNS/c1-4-18-14(13-7-10(3)15(16)19-13)12-8-11(17)6-5-9(12)2/h5-8,14,18H,4H2,1-3H3. The Bertz CT molecular complexity index is 560. The first-order valence-electron chi connectivity index (χ1n) is 6.28. The lowest BCUT2D eigenvalue weighted by atomic mass is 9.99. The van der Waals surface area contributed by atoms with Crippen molar-refractivity contribution in [2.45, 2.75) is 26.8 Å². The molecule has 1 aromatic carbocycles. The van der Waals surface area contributed by atoms with E-state index in [1.54, 1.807) is 11.3 Å². The Morgan fingerprint density at radius 2 is 2.00 bits per heavy atom. The quantitative estimate of drug-likeness (QED) is 0.763. The first-order valence-corrected chi connectivity index (χ1v) is 8.27. The van der Waals surface area contributed by atoms with Crippen LogP contribution in [0.15, 0.2) is 28.1 Å². The summed E-state index contributed by atoms with van der Waals surface area (Å²) in [6.07, 6.45) is 0. The highest BCUT2D eigenvalue weighted by molar-refractivity contribution is 9.11. The van der Waals surface area contributed by atoms with E-state index in [0.717, 1.165) is 11.6 Å². The maximum atomic E-state index is 6.15. The molecule has 1 unspecified atom stereocenters. The summed E-state index contributed by atoms with van der Waals surface area (Å²) in [6.45, 7) is 7.30. The van der Waals surface area contributed by atoms with Crippen molar-refractivity contribution in [3.05, 3.63) is 54.6 Å². The van der Waals surface area contributed by atoms with Crippen LogP contribution in [-0.2, 0) is 0 Å². The third-order valence-corrected chi connectivity index (χ3v) is 5.56. The lowest BCUT2D eigenvalue weighted by Crippen LogP contribution is -2.21. The van der Waals surface area contributed by atoms with Gasteiger partial charge in [-0.05, 0) is 71.2 Å². The third kappa shape index (κ3) is 3.40. The molecule has 0 spiro atoms. The van der Waals surface area contributed by atoms with Crippen LogP contribution in [0.4, 0.5) is 0 Å². The van der Waals surface area contributed by atoms with E-state index >= 15 is 0 Å². The monoisotopic (exact) mass is 357 g/mol. The van der Waals surface area contributed by atoms with Gasteiger partial charge in [0.15, 0.2) is 0 Å². The molecule has 1 heterocycles. The molecule has 0 aliphatic rings. The van der Waals surface area contributed by atoms with E-state index in [-0.39, 0.29) is 6.04 Å². The molecule has 0 bridgehead atoms. The van der Waals surface area contributed by atoms with Crippen LogP contribution in [0.1, 0.15) is 34.5 Å². The van der Waals surface area contributed by atoms with Crippen LogP contribution in [0.5, 0.6) is 0 Å². The predicted octanol–water partition coefficient (Wildman–Crippen LogP) is 5.48. The van der Waals surface area contributed by atoms with Crippen LogP contribution in [0, 0.1) is 13.8 Å². The van der Waals surface area contributed by atoms with Crippen molar-refractivity contribution in [3.63, 3.8) is 0 Å². The van der Waals surface area contributed by atoms with Gasteiger partial charge in [-0.3, -0.25) is 0 Å². The Balaban J connectivity index is 2.47. The Kier molecular flexibility index (Phi) is 5.07. The molecule has 1 atom stereocenters. The molecular weight excluding hydrogens is 342 g/mol. The van der Waals surface area contributed by atoms with Gasteiger partial charge in [0, 0.05) is 9.90 Å². The van der Waals surface area contributed by atoms with Gasteiger partial charge >= 0.3 is 0 Å². The second kappa shape index (κ2) is 6.40. The number of benzene rings is 1. The van der Waals surface area contributed by atoms with Crippen molar-refractivity contribution in [2.24, 2.45) is 0 Å². The maximum Gasteiger partial charge on any atom is 0.0731 e. The molecule has 102 valence electrons. The summed E-state index contributed by atoms with van der Waals surface area (Å²) < 4.78 is 1.20. The third-order valence-electron chi connectivity index (χ3n) is 3.12. The van der Waals surface area contributed by atoms with Crippen molar-refractivity contribution < 1.29 is 0 Å². The summed E-state index contributed by atoms with van der Waals surface area (Å²) in [4.78, 5) is 1.32. The smallest absolute Gasteiger partial charge is 0.0731 e. The summed E-state index contributed by atoms with van der Waals surface area (Å²) in [5.41, 5.74) is 3.79. The molecule has 0 amide bonds. The maximum absolute atomic E-state index is 6.15. The Labute approximate surface area is 132 Å². The van der Waals surface area contributed by atoms with Gasteiger partial charge in [-0.1, -0.05) is 24.6 Å². The Morgan fingerprint density at radius 1 is 1.26 bits per heavy atom. The predicted molar refractivity (Wildman–Crippen MR) is 88.5 cm³/mol. The van der Waals surface area contributed by atoms with Crippen molar-refractivity contribution >= 4 is 38.9 Å². The highest BCUT2D eigenvalue weighted by Gasteiger charge is 2.18. The second-order valence-electron chi connectivity index (χ2n) is 4.60. The number of nitrogens with one attached hydrogen (secondary N) is 1. The number of thiophene rings is 1. The van der Waals surface area contributed by atoms with Crippen LogP contribution in [0.2, 0.25) is 5.02 Å². The van der Waals surface area contributed by atoms with Crippen LogP contribution in [0.25, 0.3) is 0 Å². The molecule has 1 N–H and O–H groups in total. The summed E-state index contributed by atoms with van der Waals surface area (Å²) in [7, 11) is 0. The molecule has 0 saturated carbocycles. The summed E-state index contributed by atoms with van der Waals surface area (Å²) >= 11 is 11.5. The minimum atomic E-state index is 0.207. The fraction of sp³-hybridized carbons (Fsp3) is 0.333. The van der Waals surface area contributed by atoms with E-state index in [9.17, 15) is 0 Å². The minimum Gasteiger partial charge on any atom is -0.306 e. The zero-order valence-corrected chi connectivity index (χ0v) is 14.4. The molecule has 0 aliphatic carbocycles. The van der Waals surface area contributed by atoms with Crippen molar-refractivity contribution in [2.75, 3.05) is 6.54 Å². The van der Waals surface area contributed by atoms with E-state index in [0.29, 0.717) is 0 Å². The SMILES string of the molecule is CCNC(c1cc(C)c(Br)s1)c1cc(Cl)ccc1C. The molecule has 0 aliphatic heterocycles. The number of rotatable bonds is 4. The zero-order valence-electron chi connectivity index (χ0n) is 11.3. The minimum absolute atomic E-state index is 0.207. The van der Waals surface area contributed by atoms with Gasteiger partial charge in [0.05, 0.1) is 9.83 Å². The van der Waals surface area contributed by atoms with Gasteiger partial charge in [-0.25, -0.2) is 0 Å². The van der Waals surface area contributed by atoms with Gasteiger partial charge < -0.3 is 5.32 Å². The fourth-order valence-corrected chi connectivity index (χ4v) is 3.96. The number of aryl methyl sites for hydroxylation is 2. The van der Waals surface area contributed by atoms with E-state index < -0.39 is 0 Å². The summed E-state index contributed by atoms with van der Waals surface area (Å²) in [5.74, 6) is 0. The molecule has 4 heteroatoms. The van der Waals surface area contributed by atoms with Gasteiger partial charge in [0.25, 0.3) is 0 Å². The van der Waals surface area contributed by atoms with Crippen molar-refractivity contribution in [1.29, 1.82) is 0 Å². The molecule has 0 saturated heterocycles. The van der Waals surface area contributed by atoms with E-state index in [4.69, 9.17) is 11.6 Å². The average Bonchev–Trinajstić information content (AvgIpc) is 2.70. The summed E-state index contributed by atoms with van der Waals surface area (Å²) in [5, 5.41) is 4.34. The molecular formula is C15H17BrClNS. The number of hydrogen-bond donors (Lipinski definition) is 1. The topological polar surface area (TPSA) is 12.0 Å². The lowest BCUT2D eigenvalue weighted by molar-refractivity contribution is 0.636. The van der Waals surface area contributed by atoms with E-state index in [2.05, 4.69) is 60.2 Å². The van der Waals surface area contributed by atoms with Gasteiger partial charge in [-0.2, -0.15) is 0 Å².